The van der Waals surface area contributed by atoms with E-state index in [1.807, 2.05) is 0 Å². The molecule has 1 aliphatic carbocycles. The van der Waals surface area contributed by atoms with Gasteiger partial charge < -0.3 is 9.47 Å². The molecule has 2 heterocycles. The fourth-order valence-electron chi connectivity index (χ4n) is 6.68. The predicted octanol–water partition coefficient (Wildman–Crippen LogP) is 9.76. The summed E-state index contributed by atoms with van der Waals surface area (Å²) in [6.07, 6.45) is 17.9. The maximum absolute atomic E-state index is 6.86. The summed E-state index contributed by atoms with van der Waals surface area (Å²) in [6.45, 7) is 12.0. The van der Waals surface area contributed by atoms with Gasteiger partial charge in [-0.15, -0.1) is 11.8 Å². The number of hydrogen-bond acceptors (Lipinski definition) is 3. The summed E-state index contributed by atoms with van der Waals surface area (Å²) >= 11 is 2.20. The third kappa shape index (κ3) is 7.22. The Hall–Kier alpha value is -0.670. The van der Waals surface area contributed by atoms with Crippen molar-refractivity contribution in [1.82, 2.24) is 0 Å². The van der Waals surface area contributed by atoms with Crippen LogP contribution in [0.2, 0.25) is 0 Å². The minimum Gasteiger partial charge on any atom is -0.486 e. The summed E-state index contributed by atoms with van der Waals surface area (Å²) in [6, 6.07) is 8.67. The molecule has 35 heavy (non-hydrogen) atoms. The SMILES string of the molecule is CC(C)CCCC(C)CCCC(C)CCC[C@]1(C)Oc2ccccc2[C@@H]2O[C@H]3CCCC[C@@H]3S[C@H]21. The number of thioether (sulfide) groups is 1. The van der Waals surface area contributed by atoms with E-state index in [1.54, 1.807) is 0 Å². The van der Waals surface area contributed by atoms with E-state index < -0.39 is 0 Å². The van der Waals surface area contributed by atoms with Gasteiger partial charge in [-0.1, -0.05) is 104 Å². The number of para-hydroxylation sites is 1. The molecule has 0 N–H and O–H groups in total. The molecule has 0 amide bonds. The van der Waals surface area contributed by atoms with E-state index in [0.717, 1.165) is 29.9 Å². The average Bonchev–Trinajstić information content (AvgIpc) is 2.83. The molecule has 0 bridgehead atoms. The lowest BCUT2D eigenvalue weighted by Crippen LogP contribution is -2.55. The third-order valence-corrected chi connectivity index (χ3v) is 10.9. The van der Waals surface area contributed by atoms with E-state index in [2.05, 4.69) is 70.6 Å². The maximum atomic E-state index is 6.86. The van der Waals surface area contributed by atoms with Crippen LogP contribution in [0, 0.1) is 17.8 Å². The van der Waals surface area contributed by atoms with Gasteiger partial charge in [-0.05, 0) is 56.4 Å². The first kappa shape index (κ1) is 27.4. The van der Waals surface area contributed by atoms with Crippen LogP contribution in [0.3, 0.4) is 0 Å². The van der Waals surface area contributed by atoms with Crippen molar-refractivity contribution in [2.45, 2.75) is 146 Å². The highest BCUT2D eigenvalue weighted by atomic mass is 32.2. The van der Waals surface area contributed by atoms with E-state index in [0.29, 0.717) is 16.6 Å². The van der Waals surface area contributed by atoms with E-state index in [-0.39, 0.29) is 11.7 Å². The van der Waals surface area contributed by atoms with Crippen LogP contribution in [-0.4, -0.2) is 22.2 Å². The van der Waals surface area contributed by atoms with Crippen LogP contribution in [0.15, 0.2) is 24.3 Å². The van der Waals surface area contributed by atoms with Crippen LogP contribution in [0.1, 0.15) is 130 Å². The predicted molar refractivity (Wildman–Crippen MR) is 151 cm³/mol. The van der Waals surface area contributed by atoms with Crippen molar-refractivity contribution < 1.29 is 9.47 Å². The normalized spacial score (nSPS) is 31.7. The average molecular weight is 501 g/mol. The Kier molecular flexibility index (Phi) is 9.95. The van der Waals surface area contributed by atoms with Crippen molar-refractivity contribution >= 4 is 11.8 Å². The quantitative estimate of drug-likeness (QED) is 0.284. The number of ether oxygens (including phenoxy) is 2. The molecular weight excluding hydrogens is 448 g/mol. The summed E-state index contributed by atoms with van der Waals surface area (Å²) in [5.74, 6) is 3.61. The molecule has 2 aliphatic heterocycles. The van der Waals surface area contributed by atoms with Crippen LogP contribution >= 0.6 is 11.8 Å². The molecule has 1 saturated heterocycles. The van der Waals surface area contributed by atoms with Gasteiger partial charge in [0.2, 0.25) is 0 Å². The first-order valence-corrected chi connectivity index (χ1v) is 15.9. The number of benzene rings is 1. The Morgan fingerprint density at radius 3 is 2.29 bits per heavy atom. The zero-order chi connectivity index (χ0) is 24.8. The molecule has 2 unspecified atom stereocenters. The second-order valence-electron chi connectivity index (χ2n) is 12.8. The molecule has 198 valence electrons. The molecule has 4 rings (SSSR count). The second kappa shape index (κ2) is 12.7. The van der Waals surface area contributed by atoms with E-state index in [1.165, 1.54) is 82.6 Å². The van der Waals surface area contributed by atoms with Crippen LogP contribution in [0.5, 0.6) is 5.75 Å². The number of hydrogen-bond donors (Lipinski definition) is 0. The minimum absolute atomic E-state index is 0.142. The molecule has 2 fully saturated rings. The Balaban J connectivity index is 1.27. The molecule has 2 nitrogen and oxygen atoms in total. The Morgan fingerprint density at radius 2 is 1.54 bits per heavy atom. The topological polar surface area (TPSA) is 18.5 Å². The van der Waals surface area contributed by atoms with Crippen molar-refractivity contribution in [2.75, 3.05) is 0 Å². The zero-order valence-corrected chi connectivity index (χ0v) is 24.1. The maximum Gasteiger partial charge on any atom is 0.126 e. The lowest BCUT2D eigenvalue weighted by molar-refractivity contribution is -0.0871. The van der Waals surface area contributed by atoms with Crippen LogP contribution in [0.4, 0.5) is 0 Å². The van der Waals surface area contributed by atoms with Crippen LogP contribution in [0.25, 0.3) is 0 Å². The second-order valence-corrected chi connectivity index (χ2v) is 14.2. The lowest BCUT2D eigenvalue weighted by Gasteiger charge is -2.53. The summed E-state index contributed by atoms with van der Waals surface area (Å²) in [4.78, 5) is 0. The van der Waals surface area contributed by atoms with E-state index >= 15 is 0 Å². The fraction of sp³-hybridized carbons (Fsp3) is 0.812. The summed E-state index contributed by atoms with van der Waals surface area (Å²) < 4.78 is 13.7. The zero-order valence-electron chi connectivity index (χ0n) is 23.3. The van der Waals surface area contributed by atoms with Crippen molar-refractivity contribution in [3.05, 3.63) is 29.8 Å². The van der Waals surface area contributed by atoms with Gasteiger partial charge in [-0.3, -0.25) is 0 Å². The van der Waals surface area contributed by atoms with Crippen molar-refractivity contribution in [3.8, 4) is 5.75 Å². The fourth-order valence-corrected chi connectivity index (χ4v) is 8.55. The van der Waals surface area contributed by atoms with Crippen molar-refractivity contribution in [3.63, 3.8) is 0 Å². The Bertz CT molecular complexity index is 779. The molecule has 0 radical (unpaired) electrons. The van der Waals surface area contributed by atoms with Gasteiger partial charge in [-0.25, -0.2) is 0 Å². The van der Waals surface area contributed by atoms with Crippen molar-refractivity contribution in [2.24, 2.45) is 17.8 Å². The summed E-state index contributed by atoms with van der Waals surface area (Å²) in [5.41, 5.74) is 1.14. The molecule has 0 aromatic heterocycles. The standard InChI is InChI=1S/C32H52O2S/c1-23(2)13-10-14-24(3)15-11-16-25(4)17-12-22-32(5)31-30(26-18-6-7-19-27(26)34-32)33-28-20-8-9-21-29(28)35-31/h6-7,18-19,23-25,28-31H,8-17,20-22H2,1-5H3/t24?,25?,28-,29-,30-,31+,32-/m0/s1. The molecule has 3 heteroatoms. The highest BCUT2D eigenvalue weighted by Crippen LogP contribution is 2.55. The van der Waals surface area contributed by atoms with E-state index in [4.69, 9.17) is 9.47 Å². The highest BCUT2D eigenvalue weighted by Gasteiger charge is 2.52. The van der Waals surface area contributed by atoms with Crippen LogP contribution in [-0.2, 0) is 4.74 Å². The lowest BCUT2D eigenvalue weighted by atomic mass is 9.83. The molecule has 1 aromatic carbocycles. The molecular formula is C32H52O2S. The summed E-state index contributed by atoms with van der Waals surface area (Å²) in [5, 5.41) is 1.05. The smallest absolute Gasteiger partial charge is 0.126 e. The van der Waals surface area contributed by atoms with Gasteiger partial charge in [0, 0.05) is 10.8 Å². The molecule has 7 atom stereocenters. The molecule has 1 aromatic rings. The third-order valence-electron chi connectivity index (χ3n) is 8.97. The van der Waals surface area contributed by atoms with Crippen LogP contribution < -0.4 is 4.74 Å². The summed E-state index contributed by atoms with van der Waals surface area (Å²) in [7, 11) is 0. The first-order chi connectivity index (χ1) is 16.9. The highest BCUT2D eigenvalue weighted by molar-refractivity contribution is 8.00. The van der Waals surface area contributed by atoms with Crippen molar-refractivity contribution in [1.29, 1.82) is 0 Å². The number of rotatable bonds is 12. The van der Waals surface area contributed by atoms with Gasteiger partial charge >= 0.3 is 0 Å². The van der Waals surface area contributed by atoms with Gasteiger partial charge in [-0.2, -0.15) is 0 Å². The Labute approximate surface area is 220 Å². The molecule has 1 saturated carbocycles. The van der Waals surface area contributed by atoms with Gasteiger partial charge in [0.15, 0.2) is 0 Å². The first-order valence-electron chi connectivity index (χ1n) is 14.9. The minimum atomic E-state index is -0.142. The van der Waals surface area contributed by atoms with Gasteiger partial charge in [0.1, 0.15) is 17.5 Å². The van der Waals surface area contributed by atoms with E-state index in [9.17, 15) is 0 Å². The Morgan fingerprint density at radius 1 is 0.886 bits per heavy atom. The number of fused-ring (bicyclic) bond motifs is 4. The van der Waals surface area contributed by atoms with Gasteiger partial charge in [0.25, 0.3) is 0 Å². The molecule has 0 spiro atoms. The largest absolute Gasteiger partial charge is 0.486 e. The molecule has 3 aliphatic rings. The monoisotopic (exact) mass is 500 g/mol. The van der Waals surface area contributed by atoms with Gasteiger partial charge in [0.05, 0.1) is 11.4 Å².